The largest absolute Gasteiger partial charge is 0.363 e. The van der Waals surface area contributed by atoms with E-state index in [1.807, 2.05) is 49.3 Å². The number of aromatic nitrogens is 4. The Hall–Kier alpha value is -3.29. The minimum atomic E-state index is -0.0976. The van der Waals surface area contributed by atoms with Crippen LogP contribution < -0.4 is 10.2 Å². The molecule has 8 nitrogen and oxygen atoms in total. The van der Waals surface area contributed by atoms with Crippen molar-refractivity contribution in [3.05, 3.63) is 54.2 Å². The molecule has 26 heavy (non-hydrogen) atoms. The van der Waals surface area contributed by atoms with Crippen LogP contribution >= 0.6 is 0 Å². The zero-order chi connectivity index (χ0) is 18.4. The van der Waals surface area contributed by atoms with Gasteiger partial charge in [-0.15, -0.1) is 0 Å². The second-order valence-corrected chi connectivity index (χ2v) is 5.88. The third kappa shape index (κ3) is 4.62. The van der Waals surface area contributed by atoms with Gasteiger partial charge in [0.1, 0.15) is 11.5 Å². The van der Waals surface area contributed by atoms with Crippen LogP contribution in [-0.4, -0.2) is 40.1 Å². The van der Waals surface area contributed by atoms with Crippen LogP contribution in [-0.2, 0) is 17.8 Å². The van der Waals surface area contributed by atoms with Crippen LogP contribution in [0.2, 0.25) is 0 Å². The van der Waals surface area contributed by atoms with Gasteiger partial charge in [-0.3, -0.25) is 9.78 Å². The van der Waals surface area contributed by atoms with E-state index in [2.05, 4.69) is 25.4 Å². The van der Waals surface area contributed by atoms with Gasteiger partial charge in [0.25, 0.3) is 0 Å². The molecule has 0 saturated carbocycles. The molecule has 0 aromatic carbocycles. The lowest BCUT2D eigenvalue weighted by molar-refractivity contribution is -0.121. The number of amides is 1. The molecule has 134 valence electrons. The summed E-state index contributed by atoms with van der Waals surface area (Å²) in [6.45, 7) is 0.379. The molecule has 3 aromatic heterocycles. The fourth-order valence-electron chi connectivity index (χ4n) is 2.27. The van der Waals surface area contributed by atoms with E-state index in [1.165, 1.54) is 0 Å². The maximum atomic E-state index is 12.0. The van der Waals surface area contributed by atoms with Gasteiger partial charge in [0, 0.05) is 33.1 Å². The van der Waals surface area contributed by atoms with Gasteiger partial charge in [0.15, 0.2) is 0 Å². The summed E-state index contributed by atoms with van der Waals surface area (Å²) in [6, 6.07) is 11.2. The quantitative estimate of drug-likeness (QED) is 0.693. The van der Waals surface area contributed by atoms with Gasteiger partial charge in [0.2, 0.25) is 17.6 Å². The van der Waals surface area contributed by atoms with Gasteiger partial charge in [-0.25, -0.2) is 4.98 Å². The summed E-state index contributed by atoms with van der Waals surface area (Å²) >= 11 is 0. The van der Waals surface area contributed by atoms with Crippen molar-refractivity contribution in [3.63, 3.8) is 0 Å². The number of pyridine rings is 2. The standard InChI is InChI=1S/C18H20N6O2/c1-24(2)15-8-5-6-13(21-15)12-20-16(25)9-10-17-22-18(23-26-17)14-7-3-4-11-19-14/h3-8,11H,9-10,12H2,1-2H3,(H,20,25). The zero-order valence-corrected chi connectivity index (χ0v) is 14.7. The number of carbonyl (C=O) groups excluding carboxylic acids is 1. The van der Waals surface area contributed by atoms with Crippen molar-refractivity contribution in [1.29, 1.82) is 0 Å². The molecule has 3 aromatic rings. The van der Waals surface area contributed by atoms with Crippen molar-refractivity contribution >= 4 is 11.7 Å². The molecule has 0 aliphatic carbocycles. The molecule has 1 amide bonds. The van der Waals surface area contributed by atoms with Crippen molar-refractivity contribution < 1.29 is 9.32 Å². The molecule has 0 spiro atoms. The SMILES string of the molecule is CN(C)c1cccc(CNC(=O)CCc2nc(-c3ccccn3)no2)n1. The molecule has 8 heteroatoms. The van der Waals surface area contributed by atoms with Crippen LogP contribution in [0.1, 0.15) is 18.0 Å². The summed E-state index contributed by atoms with van der Waals surface area (Å²) in [6.07, 6.45) is 2.30. The topological polar surface area (TPSA) is 97.0 Å². The van der Waals surface area contributed by atoms with E-state index in [1.54, 1.807) is 12.3 Å². The molecule has 0 fully saturated rings. The van der Waals surface area contributed by atoms with Crippen LogP contribution in [0.15, 0.2) is 47.1 Å². The Morgan fingerprint density at radius 1 is 1.15 bits per heavy atom. The van der Waals surface area contributed by atoms with Gasteiger partial charge < -0.3 is 14.7 Å². The summed E-state index contributed by atoms with van der Waals surface area (Å²) in [5, 5.41) is 6.74. The summed E-state index contributed by atoms with van der Waals surface area (Å²) in [4.78, 5) is 26.8. The molecule has 0 atom stereocenters. The first-order chi connectivity index (χ1) is 12.6. The predicted molar refractivity (Wildman–Crippen MR) is 96.3 cm³/mol. The molecule has 0 aliphatic heterocycles. The second kappa shape index (κ2) is 8.19. The van der Waals surface area contributed by atoms with Gasteiger partial charge in [-0.1, -0.05) is 17.3 Å². The summed E-state index contributed by atoms with van der Waals surface area (Å²) in [5.74, 6) is 1.59. The third-order valence-corrected chi connectivity index (χ3v) is 3.64. The van der Waals surface area contributed by atoms with E-state index in [0.29, 0.717) is 30.4 Å². The Morgan fingerprint density at radius 3 is 2.81 bits per heavy atom. The Morgan fingerprint density at radius 2 is 2.04 bits per heavy atom. The van der Waals surface area contributed by atoms with Gasteiger partial charge in [-0.2, -0.15) is 4.98 Å². The lowest BCUT2D eigenvalue weighted by Gasteiger charge is -2.12. The number of anilines is 1. The van der Waals surface area contributed by atoms with E-state index < -0.39 is 0 Å². The summed E-state index contributed by atoms with van der Waals surface area (Å²) < 4.78 is 5.18. The van der Waals surface area contributed by atoms with Crippen molar-refractivity contribution in [2.24, 2.45) is 0 Å². The van der Waals surface area contributed by atoms with Crippen LogP contribution in [0.4, 0.5) is 5.82 Å². The third-order valence-electron chi connectivity index (χ3n) is 3.64. The van der Waals surface area contributed by atoms with E-state index >= 15 is 0 Å². The van der Waals surface area contributed by atoms with Crippen LogP contribution in [0.5, 0.6) is 0 Å². The molecular formula is C18H20N6O2. The first-order valence-electron chi connectivity index (χ1n) is 8.26. The van der Waals surface area contributed by atoms with E-state index in [-0.39, 0.29) is 12.3 Å². The van der Waals surface area contributed by atoms with Crippen LogP contribution in [0, 0.1) is 0 Å². The number of carbonyl (C=O) groups is 1. The van der Waals surface area contributed by atoms with Crippen molar-refractivity contribution in [2.45, 2.75) is 19.4 Å². The highest BCUT2D eigenvalue weighted by Gasteiger charge is 2.11. The second-order valence-electron chi connectivity index (χ2n) is 5.88. The highest BCUT2D eigenvalue weighted by molar-refractivity contribution is 5.76. The average molecular weight is 352 g/mol. The first-order valence-corrected chi connectivity index (χ1v) is 8.26. The van der Waals surface area contributed by atoms with Gasteiger partial charge in [0.05, 0.1) is 12.2 Å². The first kappa shape index (κ1) is 17.5. The molecule has 0 radical (unpaired) electrons. The van der Waals surface area contributed by atoms with Crippen molar-refractivity contribution in [1.82, 2.24) is 25.4 Å². The van der Waals surface area contributed by atoms with E-state index in [4.69, 9.17) is 4.52 Å². The molecular weight excluding hydrogens is 332 g/mol. The molecule has 0 aliphatic rings. The van der Waals surface area contributed by atoms with Crippen molar-refractivity contribution in [3.8, 4) is 11.5 Å². The van der Waals surface area contributed by atoms with E-state index in [9.17, 15) is 4.79 Å². The molecule has 0 saturated heterocycles. The smallest absolute Gasteiger partial charge is 0.227 e. The van der Waals surface area contributed by atoms with Crippen molar-refractivity contribution in [2.75, 3.05) is 19.0 Å². The number of hydrogen-bond acceptors (Lipinski definition) is 7. The predicted octanol–water partition coefficient (Wildman–Crippen LogP) is 1.84. The normalized spacial score (nSPS) is 10.5. The van der Waals surface area contributed by atoms with E-state index in [0.717, 1.165) is 11.5 Å². The molecule has 0 bridgehead atoms. The number of nitrogens with zero attached hydrogens (tertiary/aromatic N) is 5. The fraction of sp³-hybridized carbons (Fsp3) is 0.278. The number of nitrogens with one attached hydrogen (secondary N) is 1. The molecule has 3 heterocycles. The Labute approximate surface area is 151 Å². The minimum Gasteiger partial charge on any atom is -0.363 e. The molecule has 1 N–H and O–H groups in total. The van der Waals surface area contributed by atoms with Crippen LogP contribution in [0.25, 0.3) is 11.5 Å². The number of hydrogen-bond donors (Lipinski definition) is 1. The number of aryl methyl sites for hydroxylation is 1. The molecule has 3 rings (SSSR count). The fourth-order valence-corrected chi connectivity index (χ4v) is 2.27. The van der Waals surface area contributed by atoms with Gasteiger partial charge >= 0.3 is 0 Å². The average Bonchev–Trinajstić information content (AvgIpc) is 3.15. The Kier molecular flexibility index (Phi) is 5.52. The number of rotatable bonds is 7. The monoisotopic (exact) mass is 352 g/mol. The van der Waals surface area contributed by atoms with Gasteiger partial charge in [-0.05, 0) is 24.3 Å². The Bertz CT molecular complexity index is 863. The maximum absolute atomic E-state index is 12.0. The highest BCUT2D eigenvalue weighted by atomic mass is 16.5. The molecule has 0 unspecified atom stereocenters. The maximum Gasteiger partial charge on any atom is 0.227 e. The van der Waals surface area contributed by atoms with Crippen LogP contribution in [0.3, 0.4) is 0 Å². The Balaban J connectivity index is 1.49. The zero-order valence-electron chi connectivity index (χ0n) is 14.7. The lowest BCUT2D eigenvalue weighted by atomic mass is 10.2. The lowest BCUT2D eigenvalue weighted by Crippen LogP contribution is -2.24. The summed E-state index contributed by atoms with van der Waals surface area (Å²) in [5.41, 5.74) is 1.44. The highest BCUT2D eigenvalue weighted by Crippen LogP contribution is 2.12. The summed E-state index contributed by atoms with van der Waals surface area (Å²) in [7, 11) is 3.85. The minimum absolute atomic E-state index is 0.0976.